The fourth-order valence-corrected chi connectivity index (χ4v) is 8.15. The highest BCUT2D eigenvalue weighted by molar-refractivity contribution is 6.31. The lowest BCUT2D eigenvalue weighted by atomic mass is 9.85. The number of hydrogen-bond acceptors (Lipinski definition) is 10. The van der Waals surface area contributed by atoms with Crippen LogP contribution >= 0.6 is 11.6 Å². The number of aromatic nitrogens is 1. The Morgan fingerprint density at radius 2 is 1.75 bits per heavy atom. The number of nitrogens with zero attached hydrogens (tertiary/aromatic N) is 1. The number of esters is 1. The molecule has 3 saturated heterocycles. The van der Waals surface area contributed by atoms with E-state index >= 15 is 0 Å². The summed E-state index contributed by atoms with van der Waals surface area (Å²) < 4.78 is 17.7. The Morgan fingerprint density at radius 1 is 0.964 bits per heavy atom. The number of hydrogen-bond donors (Lipinski definition) is 4. The highest BCUT2D eigenvalue weighted by atomic mass is 35.5. The number of carbonyl (C=O) groups excluding carboxylic acids is 2. The lowest BCUT2D eigenvalue weighted by Gasteiger charge is -2.44. The molecule has 3 aliphatic heterocycles. The number of aromatic hydroxyl groups is 1. The number of ether oxygens (including phenoxy) is 3. The topological polar surface area (TPSA) is 150 Å². The zero-order valence-corrected chi connectivity index (χ0v) is 32.0. The van der Waals surface area contributed by atoms with Crippen molar-refractivity contribution < 1.29 is 34.0 Å². The van der Waals surface area contributed by atoms with E-state index in [1.807, 2.05) is 48.5 Å². The fraction of sp³-hybridized carbons (Fsp3) is 0.341. The summed E-state index contributed by atoms with van der Waals surface area (Å²) in [7, 11) is 1.53. The predicted octanol–water partition coefficient (Wildman–Crippen LogP) is 6.07. The number of phenols is 1. The fourth-order valence-electron chi connectivity index (χ4n) is 7.89. The van der Waals surface area contributed by atoms with Crippen LogP contribution in [0.15, 0.2) is 95.8 Å². The molecule has 4 heterocycles. The van der Waals surface area contributed by atoms with Crippen molar-refractivity contribution in [3.8, 4) is 17.2 Å². The van der Waals surface area contributed by atoms with Gasteiger partial charge in [-0.3, -0.25) is 19.3 Å². The number of rotatable bonds is 16. The van der Waals surface area contributed by atoms with E-state index in [0.717, 1.165) is 49.2 Å². The number of carbonyl (C=O) groups is 2. The van der Waals surface area contributed by atoms with Crippen molar-refractivity contribution in [3.05, 3.63) is 134 Å². The van der Waals surface area contributed by atoms with Gasteiger partial charge in [0.25, 0.3) is 0 Å². The molecule has 0 aliphatic carbocycles. The summed E-state index contributed by atoms with van der Waals surface area (Å²) in [6.07, 6.45) is 1.36. The lowest BCUT2D eigenvalue weighted by molar-refractivity contribution is -0.159. The summed E-state index contributed by atoms with van der Waals surface area (Å²) in [6.45, 7) is 3.25. The Hall–Kier alpha value is -5.20. The van der Waals surface area contributed by atoms with Crippen LogP contribution in [0.3, 0.4) is 0 Å². The summed E-state index contributed by atoms with van der Waals surface area (Å²) in [6, 6.07) is 26.8. The van der Waals surface area contributed by atoms with Crippen LogP contribution in [0.5, 0.6) is 17.2 Å². The highest BCUT2D eigenvalue weighted by Crippen LogP contribution is 2.34. The minimum absolute atomic E-state index is 0.0232. The molecule has 56 heavy (non-hydrogen) atoms. The molecule has 4 N–H and O–H groups in total. The van der Waals surface area contributed by atoms with Crippen LogP contribution < -0.4 is 20.3 Å². The van der Waals surface area contributed by atoms with Gasteiger partial charge in [-0.2, -0.15) is 0 Å². The first-order valence-corrected chi connectivity index (χ1v) is 19.3. The number of aliphatic hydroxyl groups excluding tert-OH is 1. The third-order valence-electron chi connectivity index (χ3n) is 10.9. The van der Waals surface area contributed by atoms with E-state index in [9.17, 15) is 24.6 Å². The predicted molar refractivity (Wildman–Crippen MR) is 213 cm³/mol. The van der Waals surface area contributed by atoms with Gasteiger partial charge in [-0.15, -0.1) is 0 Å². The Bertz CT molecular complexity index is 2240. The van der Waals surface area contributed by atoms with Gasteiger partial charge >= 0.3 is 5.97 Å². The summed E-state index contributed by atoms with van der Waals surface area (Å²) in [5.41, 5.74) is 3.66. The molecule has 11 nitrogen and oxygen atoms in total. The first-order chi connectivity index (χ1) is 27.1. The number of piperidine rings is 3. The molecule has 5 aromatic rings. The van der Waals surface area contributed by atoms with Crippen molar-refractivity contribution in [1.82, 2.24) is 15.2 Å². The number of methoxy groups -OCH3 is 1. The van der Waals surface area contributed by atoms with Crippen LogP contribution in [0.1, 0.15) is 59.1 Å². The number of phenolic OH excluding ortho intramolecular Hbond substituents is 1. The minimum Gasteiger partial charge on any atom is -0.506 e. The zero-order chi connectivity index (χ0) is 39.2. The largest absolute Gasteiger partial charge is 0.506 e. The average molecular weight is 780 g/mol. The van der Waals surface area contributed by atoms with Gasteiger partial charge in [-0.1, -0.05) is 60.1 Å². The lowest BCUT2D eigenvalue weighted by Crippen LogP contribution is -2.52. The molecule has 2 bridgehead atoms. The maximum Gasteiger partial charge on any atom is 0.307 e. The minimum atomic E-state index is -0.941. The van der Waals surface area contributed by atoms with Crippen molar-refractivity contribution in [2.75, 3.05) is 39.9 Å². The molecule has 0 saturated carbocycles. The smallest absolute Gasteiger partial charge is 0.307 e. The van der Waals surface area contributed by atoms with Gasteiger partial charge in [0, 0.05) is 54.0 Å². The van der Waals surface area contributed by atoms with E-state index in [1.54, 1.807) is 30.3 Å². The number of benzene rings is 4. The van der Waals surface area contributed by atoms with E-state index in [4.69, 9.17) is 25.8 Å². The number of pyridine rings is 1. The zero-order valence-electron chi connectivity index (χ0n) is 31.2. The quantitative estimate of drug-likeness (QED) is 0.0870. The average Bonchev–Trinajstić information content (AvgIpc) is 3.21. The van der Waals surface area contributed by atoms with Crippen LogP contribution in [-0.4, -0.2) is 77.8 Å². The van der Waals surface area contributed by atoms with Crippen molar-refractivity contribution in [1.29, 1.82) is 0 Å². The van der Waals surface area contributed by atoms with Gasteiger partial charge in [0.2, 0.25) is 5.56 Å². The summed E-state index contributed by atoms with van der Waals surface area (Å²) in [5, 5.41) is 25.3. The molecule has 8 rings (SSSR count). The molecular formula is C44H46ClN3O8. The van der Waals surface area contributed by atoms with Crippen LogP contribution in [0.25, 0.3) is 10.9 Å². The number of halogens is 1. The Kier molecular flexibility index (Phi) is 12.4. The monoisotopic (exact) mass is 779 g/mol. The van der Waals surface area contributed by atoms with Gasteiger partial charge in [-0.25, -0.2) is 0 Å². The Balaban J connectivity index is 0.954. The molecule has 292 valence electrons. The number of fused-ring (bicyclic) bond motifs is 4. The van der Waals surface area contributed by atoms with Crippen molar-refractivity contribution in [2.24, 2.45) is 5.92 Å². The summed E-state index contributed by atoms with van der Waals surface area (Å²) in [5.74, 6) is 0.751. The highest BCUT2D eigenvalue weighted by Gasteiger charge is 2.37. The molecule has 1 aromatic heterocycles. The second-order valence-corrected chi connectivity index (χ2v) is 15.0. The molecule has 12 heteroatoms. The summed E-state index contributed by atoms with van der Waals surface area (Å²) >= 11 is 6.67. The van der Waals surface area contributed by atoms with E-state index in [1.165, 1.54) is 19.2 Å². The maximum atomic E-state index is 13.3. The standard InChI is InChI=1S/C44H46ClN3O8/c1-54-40-21-30(37(45)20-31(40)23-46-24-39(51)34-10-12-38(50)44-35(34)11-13-42(52)47-44)18-32(49)26-55-33-9-5-8-29(19-33)36(27-6-3-2-4-7-27)22-43(53)56-41-25-48-16-14-28(41)15-17-48/h2-13,19-21,28,36,39,41,46,50-51H,14-18,22-26H2,1H3,(H,47,52)/t36-,39-,41-/m0/s1. The van der Waals surface area contributed by atoms with Crippen LogP contribution in [0.2, 0.25) is 5.02 Å². The molecule has 0 radical (unpaired) electrons. The van der Waals surface area contributed by atoms with E-state index in [0.29, 0.717) is 45.5 Å². The van der Waals surface area contributed by atoms with Gasteiger partial charge < -0.3 is 34.7 Å². The number of Topliss-reactive ketones (excluding diaryl/α,β-unsaturated/α-hetero) is 1. The number of aromatic amines is 1. The molecule has 0 spiro atoms. The van der Waals surface area contributed by atoms with Crippen molar-refractivity contribution >= 4 is 34.3 Å². The van der Waals surface area contributed by atoms with Gasteiger partial charge in [0.05, 0.1) is 25.2 Å². The third kappa shape index (κ3) is 9.25. The Morgan fingerprint density at radius 3 is 2.50 bits per heavy atom. The number of ketones is 1. The number of nitrogens with one attached hydrogen (secondary N) is 2. The van der Waals surface area contributed by atoms with E-state index in [2.05, 4.69) is 15.2 Å². The Labute approximate surface area is 330 Å². The SMILES string of the molecule is COc1cc(CC(=O)COc2cccc([C@@H](CC(=O)O[C@H]3CN4CCC3CC4)c3ccccc3)c2)c(Cl)cc1CNC[C@H](O)c1ccc(O)c2[nH]c(=O)ccc12. The first-order valence-electron chi connectivity index (χ1n) is 19.0. The molecule has 3 aliphatic rings. The number of H-pyrrole nitrogens is 1. The second kappa shape index (κ2) is 17.7. The van der Waals surface area contributed by atoms with Crippen LogP contribution in [-0.2, 0) is 27.3 Å². The van der Waals surface area contributed by atoms with Crippen molar-refractivity contribution in [3.63, 3.8) is 0 Å². The number of aliphatic hydroxyl groups is 1. The van der Waals surface area contributed by atoms with E-state index < -0.39 is 6.10 Å². The van der Waals surface area contributed by atoms with E-state index in [-0.39, 0.29) is 66.6 Å². The molecule has 0 amide bonds. The normalized spacial score (nSPS) is 18.7. The van der Waals surface area contributed by atoms with Gasteiger partial charge in [-0.05, 0) is 90.5 Å². The summed E-state index contributed by atoms with van der Waals surface area (Å²) in [4.78, 5) is 43.3. The van der Waals surface area contributed by atoms with Crippen LogP contribution in [0.4, 0.5) is 0 Å². The molecular weight excluding hydrogens is 734 g/mol. The van der Waals surface area contributed by atoms with Crippen molar-refractivity contribution in [2.45, 2.75) is 50.4 Å². The molecule has 4 aromatic carbocycles. The maximum absolute atomic E-state index is 13.3. The van der Waals surface area contributed by atoms with Crippen LogP contribution in [0, 0.1) is 5.92 Å². The molecule has 0 unspecified atom stereocenters. The van der Waals surface area contributed by atoms with Gasteiger partial charge in [0.15, 0.2) is 5.78 Å². The third-order valence-corrected chi connectivity index (χ3v) is 11.2. The molecule has 3 atom stereocenters. The second-order valence-electron chi connectivity index (χ2n) is 14.6. The molecule has 3 fully saturated rings. The first kappa shape index (κ1) is 39.1. The van der Waals surface area contributed by atoms with Gasteiger partial charge in [0.1, 0.15) is 30.0 Å².